The van der Waals surface area contributed by atoms with Gasteiger partial charge in [0.1, 0.15) is 0 Å². The summed E-state index contributed by atoms with van der Waals surface area (Å²) in [6.45, 7) is 3.65. The van der Waals surface area contributed by atoms with Gasteiger partial charge >= 0.3 is 0 Å². The van der Waals surface area contributed by atoms with E-state index in [9.17, 15) is 8.78 Å². The maximum absolute atomic E-state index is 14.2. The predicted octanol–water partition coefficient (Wildman–Crippen LogP) is 6.26. The van der Waals surface area contributed by atoms with Crippen molar-refractivity contribution in [3.8, 4) is 16.9 Å². The van der Waals surface area contributed by atoms with Crippen molar-refractivity contribution in [1.29, 1.82) is 0 Å². The Morgan fingerprint density at radius 3 is 2.28 bits per heavy atom. The summed E-state index contributed by atoms with van der Waals surface area (Å²) in [7, 11) is 1.33. The minimum Gasteiger partial charge on any atom is -0.494 e. The third kappa shape index (κ3) is 3.67. The van der Waals surface area contributed by atoms with Crippen molar-refractivity contribution in [2.24, 2.45) is 5.92 Å². The summed E-state index contributed by atoms with van der Waals surface area (Å²) in [6, 6.07) is 10.8. The maximum atomic E-state index is 14.2. The SMILES string of the molecule is C=C=CC1CCC(c2ccc(-c3ccc(OC)c(F)c3F)cc2)CC1. The molecule has 25 heavy (non-hydrogen) atoms. The van der Waals surface area contributed by atoms with Crippen molar-refractivity contribution in [2.75, 3.05) is 7.11 Å². The molecule has 0 saturated heterocycles. The molecule has 0 heterocycles. The smallest absolute Gasteiger partial charge is 0.201 e. The van der Waals surface area contributed by atoms with Crippen molar-refractivity contribution >= 4 is 0 Å². The first kappa shape index (κ1) is 17.4. The van der Waals surface area contributed by atoms with Crippen molar-refractivity contribution in [2.45, 2.75) is 31.6 Å². The predicted molar refractivity (Wildman–Crippen MR) is 96.8 cm³/mol. The second kappa shape index (κ2) is 7.67. The van der Waals surface area contributed by atoms with Crippen LogP contribution in [-0.2, 0) is 0 Å². The summed E-state index contributed by atoms with van der Waals surface area (Å²) in [4.78, 5) is 0. The number of benzene rings is 2. The van der Waals surface area contributed by atoms with E-state index in [1.54, 1.807) is 6.07 Å². The van der Waals surface area contributed by atoms with Crippen molar-refractivity contribution in [1.82, 2.24) is 0 Å². The fourth-order valence-electron chi connectivity index (χ4n) is 3.63. The normalized spacial score (nSPS) is 20.0. The molecule has 1 aliphatic rings. The van der Waals surface area contributed by atoms with Gasteiger partial charge in [0, 0.05) is 5.56 Å². The van der Waals surface area contributed by atoms with Gasteiger partial charge in [0.15, 0.2) is 11.6 Å². The molecule has 130 valence electrons. The van der Waals surface area contributed by atoms with Crippen LogP contribution in [-0.4, -0.2) is 7.11 Å². The number of halogens is 2. The molecule has 3 rings (SSSR count). The second-order valence-electron chi connectivity index (χ2n) is 6.55. The van der Waals surface area contributed by atoms with Crippen molar-refractivity contribution in [3.05, 3.63) is 72.0 Å². The average molecular weight is 340 g/mol. The van der Waals surface area contributed by atoms with Crippen LogP contribution in [0.15, 0.2) is 54.8 Å². The van der Waals surface area contributed by atoms with Crippen LogP contribution in [0.1, 0.15) is 37.2 Å². The maximum Gasteiger partial charge on any atom is 0.201 e. The molecule has 0 atom stereocenters. The molecule has 2 aromatic carbocycles. The Morgan fingerprint density at radius 2 is 1.68 bits per heavy atom. The Bertz CT molecular complexity index is 780. The molecule has 0 unspecified atom stereocenters. The Morgan fingerprint density at radius 1 is 1.00 bits per heavy atom. The Balaban J connectivity index is 1.77. The van der Waals surface area contributed by atoms with Gasteiger partial charge in [-0.1, -0.05) is 30.8 Å². The van der Waals surface area contributed by atoms with Crippen LogP contribution in [0, 0.1) is 17.6 Å². The largest absolute Gasteiger partial charge is 0.494 e. The summed E-state index contributed by atoms with van der Waals surface area (Å²) in [6.07, 6.45) is 6.63. The topological polar surface area (TPSA) is 9.23 Å². The van der Waals surface area contributed by atoms with E-state index in [-0.39, 0.29) is 11.3 Å². The summed E-state index contributed by atoms with van der Waals surface area (Å²) in [5.41, 5.74) is 5.08. The molecule has 0 aromatic heterocycles. The highest BCUT2D eigenvalue weighted by Gasteiger charge is 2.21. The van der Waals surface area contributed by atoms with Crippen LogP contribution >= 0.6 is 0 Å². The standard InChI is InChI=1S/C22H22F2O/c1-3-4-15-5-7-16(8-6-15)17-9-11-18(12-10-17)19-13-14-20(25-2)22(24)21(19)23/h4,9-16H,1,5-8H2,2H3. The summed E-state index contributed by atoms with van der Waals surface area (Å²) >= 11 is 0. The third-order valence-corrected chi connectivity index (χ3v) is 5.09. The number of ether oxygens (including phenoxy) is 1. The first-order chi connectivity index (χ1) is 12.1. The van der Waals surface area contributed by atoms with E-state index in [4.69, 9.17) is 4.74 Å². The van der Waals surface area contributed by atoms with Gasteiger partial charge < -0.3 is 4.74 Å². The lowest BCUT2D eigenvalue weighted by Gasteiger charge is -2.26. The van der Waals surface area contributed by atoms with E-state index >= 15 is 0 Å². The molecule has 0 bridgehead atoms. The van der Waals surface area contributed by atoms with Gasteiger partial charge in [-0.3, -0.25) is 0 Å². The van der Waals surface area contributed by atoms with E-state index in [0.717, 1.165) is 25.7 Å². The molecular formula is C22H22F2O. The Hall–Kier alpha value is -2.38. The van der Waals surface area contributed by atoms with Crippen LogP contribution in [0.4, 0.5) is 8.78 Å². The zero-order chi connectivity index (χ0) is 17.8. The molecule has 3 heteroatoms. The van der Waals surface area contributed by atoms with Gasteiger partial charge in [-0.2, -0.15) is 4.39 Å². The first-order valence-corrected chi connectivity index (χ1v) is 8.62. The first-order valence-electron chi connectivity index (χ1n) is 8.62. The average Bonchev–Trinajstić information content (AvgIpc) is 2.65. The lowest BCUT2D eigenvalue weighted by molar-refractivity contribution is 0.372. The highest BCUT2D eigenvalue weighted by Crippen LogP contribution is 2.37. The van der Waals surface area contributed by atoms with E-state index in [2.05, 4.69) is 18.4 Å². The molecular weight excluding hydrogens is 318 g/mol. The molecule has 1 saturated carbocycles. The fourth-order valence-corrected chi connectivity index (χ4v) is 3.63. The zero-order valence-corrected chi connectivity index (χ0v) is 14.4. The van der Waals surface area contributed by atoms with Crippen LogP contribution in [0.3, 0.4) is 0 Å². The number of methoxy groups -OCH3 is 1. The van der Waals surface area contributed by atoms with Crippen LogP contribution in [0.5, 0.6) is 5.75 Å². The van der Waals surface area contributed by atoms with E-state index in [1.165, 1.54) is 18.7 Å². The van der Waals surface area contributed by atoms with Crippen LogP contribution in [0.2, 0.25) is 0 Å². The monoisotopic (exact) mass is 340 g/mol. The zero-order valence-electron chi connectivity index (χ0n) is 14.4. The third-order valence-electron chi connectivity index (χ3n) is 5.09. The van der Waals surface area contributed by atoms with Crippen molar-refractivity contribution in [3.63, 3.8) is 0 Å². The molecule has 0 amide bonds. The number of hydrogen-bond acceptors (Lipinski definition) is 1. The van der Waals surface area contributed by atoms with E-state index < -0.39 is 11.6 Å². The molecule has 0 spiro atoms. The van der Waals surface area contributed by atoms with E-state index in [1.807, 2.05) is 24.3 Å². The number of allylic oxidation sites excluding steroid dienone is 1. The molecule has 0 radical (unpaired) electrons. The lowest BCUT2D eigenvalue weighted by atomic mass is 9.78. The molecule has 1 fully saturated rings. The molecule has 2 aromatic rings. The van der Waals surface area contributed by atoms with Gasteiger partial charge in [0.05, 0.1) is 7.11 Å². The van der Waals surface area contributed by atoms with Gasteiger partial charge in [-0.05, 0) is 66.9 Å². The Kier molecular flexibility index (Phi) is 5.35. The molecule has 1 aliphatic carbocycles. The molecule has 1 nitrogen and oxygen atoms in total. The quantitative estimate of drug-likeness (QED) is 0.597. The number of rotatable bonds is 4. The molecule has 0 aliphatic heterocycles. The number of hydrogen-bond donors (Lipinski definition) is 0. The van der Waals surface area contributed by atoms with Gasteiger partial charge in [0.2, 0.25) is 5.82 Å². The minimum atomic E-state index is -0.947. The lowest BCUT2D eigenvalue weighted by Crippen LogP contribution is -2.11. The highest BCUT2D eigenvalue weighted by molar-refractivity contribution is 5.65. The second-order valence-corrected chi connectivity index (χ2v) is 6.55. The van der Waals surface area contributed by atoms with Gasteiger partial charge in [-0.25, -0.2) is 4.39 Å². The summed E-state index contributed by atoms with van der Waals surface area (Å²) < 4.78 is 33.0. The van der Waals surface area contributed by atoms with Gasteiger partial charge in [-0.15, -0.1) is 5.73 Å². The van der Waals surface area contributed by atoms with Crippen LogP contribution < -0.4 is 4.74 Å². The molecule has 0 N–H and O–H groups in total. The fraction of sp³-hybridized carbons (Fsp3) is 0.318. The Labute approximate surface area is 147 Å². The summed E-state index contributed by atoms with van der Waals surface area (Å²) in [5, 5.41) is 0. The summed E-state index contributed by atoms with van der Waals surface area (Å²) in [5.74, 6) is -0.782. The van der Waals surface area contributed by atoms with Crippen molar-refractivity contribution < 1.29 is 13.5 Å². The van der Waals surface area contributed by atoms with E-state index in [0.29, 0.717) is 17.4 Å². The highest BCUT2D eigenvalue weighted by atomic mass is 19.2. The minimum absolute atomic E-state index is 0.0804. The van der Waals surface area contributed by atoms with Crippen LogP contribution in [0.25, 0.3) is 11.1 Å². The van der Waals surface area contributed by atoms with Gasteiger partial charge in [0.25, 0.3) is 0 Å².